The number of H-pyrrole nitrogens is 2. The second-order valence-electron chi connectivity index (χ2n) is 12.3. The highest BCUT2D eigenvalue weighted by Crippen LogP contribution is 2.39. The molecule has 2 aliphatic rings. The fourth-order valence-electron chi connectivity index (χ4n) is 6.69. The summed E-state index contributed by atoms with van der Waals surface area (Å²) >= 11 is 7.00. The fraction of sp³-hybridized carbons (Fsp3) is 0.286. The van der Waals surface area contributed by atoms with E-state index >= 15 is 0 Å². The van der Waals surface area contributed by atoms with Crippen LogP contribution >= 0.6 is 31.9 Å². The number of anilines is 2. The molecule has 2 aliphatic carbocycles. The molecule has 2 aromatic carbocycles. The van der Waals surface area contributed by atoms with Gasteiger partial charge in [0.25, 0.3) is 0 Å². The number of benzene rings is 2. The van der Waals surface area contributed by atoms with Gasteiger partial charge in [-0.25, -0.2) is 15.0 Å². The third kappa shape index (κ3) is 7.20. The molecule has 7 nitrogen and oxygen atoms in total. The first kappa shape index (κ1) is 34.3. The van der Waals surface area contributed by atoms with E-state index in [0.29, 0.717) is 5.82 Å². The van der Waals surface area contributed by atoms with Crippen molar-refractivity contribution in [2.45, 2.75) is 63.0 Å². The largest absolute Gasteiger partial charge is 0.419 e. The highest BCUT2D eigenvalue weighted by Gasteiger charge is 2.33. The summed E-state index contributed by atoms with van der Waals surface area (Å²) in [7, 11) is 0. The number of alkyl halides is 6. The van der Waals surface area contributed by atoms with Crippen LogP contribution in [0.4, 0.5) is 38.1 Å². The van der Waals surface area contributed by atoms with Gasteiger partial charge in [-0.05, 0) is 98.2 Å². The summed E-state index contributed by atoms with van der Waals surface area (Å²) in [5.74, 6) is 0.649. The molecular formula is C35H29Br2F6N7. The van der Waals surface area contributed by atoms with Gasteiger partial charge in [0.05, 0.1) is 23.2 Å². The molecule has 4 aromatic heterocycles. The van der Waals surface area contributed by atoms with Crippen LogP contribution in [0.3, 0.4) is 0 Å². The van der Waals surface area contributed by atoms with Gasteiger partial charge < -0.3 is 20.6 Å². The average molecular weight is 821 g/mol. The molecule has 0 saturated carbocycles. The molecule has 50 heavy (non-hydrogen) atoms. The Morgan fingerprint density at radius 2 is 1.12 bits per heavy atom. The Morgan fingerprint density at radius 3 is 1.60 bits per heavy atom. The molecule has 6 aromatic rings. The fourth-order valence-corrected chi connectivity index (χ4v) is 7.41. The lowest BCUT2D eigenvalue weighted by atomic mass is 9.91. The van der Waals surface area contributed by atoms with Crippen LogP contribution in [0.15, 0.2) is 76.1 Å². The van der Waals surface area contributed by atoms with Crippen LogP contribution in [0, 0.1) is 0 Å². The first-order valence-electron chi connectivity index (χ1n) is 15.9. The Hall–Kier alpha value is -4.11. The minimum atomic E-state index is -4.43. The molecule has 2 atom stereocenters. The minimum absolute atomic E-state index is 0.0131. The maximum absolute atomic E-state index is 12.7. The number of nitrogens with one attached hydrogen (secondary N) is 4. The number of aryl methyl sites for hydroxylation is 2. The van der Waals surface area contributed by atoms with E-state index in [1.807, 2.05) is 24.3 Å². The van der Waals surface area contributed by atoms with E-state index in [2.05, 4.69) is 79.5 Å². The number of aromatic nitrogens is 5. The topological polar surface area (TPSA) is 94.3 Å². The third-order valence-corrected chi connectivity index (χ3v) is 10.0. The second kappa shape index (κ2) is 13.5. The second-order valence-corrected chi connectivity index (χ2v) is 14.1. The summed E-state index contributed by atoms with van der Waals surface area (Å²) in [6.45, 7) is 0. The molecule has 8 rings (SSSR count). The smallest absolute Gasteiger partial charge is 0.362 e. The van der Waals surface area contributed by atoms with Crippen molar-refractivity contribution in [2.24, 2.45) is 0 Å². The molecule has 0 saturated heterocycles. The predicted molar refractivity (Wildman–Crippen MR) is 187 cm³/mol. The summed E-state index contributed by atoms with van der Waals surface area (Å²) in [4.78, 5) is 18.4. The number of hydrogen-bond donors (Lipinski definition) is 4. The minimum Gasteiger partial charge on any atom is -0.362 e. The molecule has 2 unspecified atom stereocenters. The zero-order valence-corrected chi connectivity index (χ0v) is 29.3. The van der Waals surface area contributed by atoms with Crippen LogP contribution in [0.5, 0.6) is 0 Å². The Labute approximate surface area is 299 Å². The summed E-state index contributed by atoms with van der Waals surface area (Å²) in [6, 6.07) is 14.6. The maximum atomic E-state index is 12.7. The zero-order chi connectivity index (χ0) is 35.2. The number of rotatable bonds is 4. The van der Waals surface area contributed by atoms with Crippen LogP contribution < -0.4 is 10.6 Å². The van der Waals surface area contributed by atoms with Crippen LogP contribution in [0.1, 0.15) is 71.4 Å². The molecule has 0 spiro atoms. The molecule has 0 aliphatic heterocycles. The third-order valence-electron chi connectivity index (χ3n) is 9.03. The van der Waals surface area contributed by atoms with E-state index in [-0.39, 0.29) is 18.0 Å². The summed E-state index contributed by atoms with van der Waals surface area (Å²) in [5, 5.41) is 8.79. The van der Waals surface area contributed by atoms with Crippen LogP contribution in [-0.4, -0.2) is 24.9 Å². The number of fused-ring (bicyclic) bond motifs is 6. The van der Waals surface area contributed by atoms with Gasteiger partial charge in [0.1, 0.15) is 5.82 Å². The normalized spacial score (nSPS) is 17.5. The van der Waals surface area contributed by atoms with Crippen LogP contribution in [0.25, 0.3) is 21.8 Å². The van der Waals surface area contributed by atoms with Crippen LogP contribution in [0.2, 0.25) is 0 Å². The van der Waals surface area contributed by atoms with Gasteiger partial charge in [-0.3, -0.25) is 0 Å². The molecule has 4 N–H and O–H groups in total. The van der Waals surface area contributed by atoms with Crippen LogP contribution in [-0.2, 0) is 25.2 Å². The van der Waals surface area contributed by atoms with Gasteiger partial charge in [0.15, 0.2) is 0 Å². The van der Waals surface area contributed by atoms with E-state index in [0.717, 1.165) is 94.5 Å². The van der Waals surface area contributed by atoms with Crippen molar-refractivity contribution < 1.29 is 26.3 Å². The molecule has 0 bridgehead atoms. The van der Waals surface area contributed by atoms with Crippen molar-refractivity contribution in [3.05, 3.63) is 110 Å². The number of aromatic amines is 2. The molecule has 260 valence electrons. The van der Waals surface area contributed by atoms with Gasteiger partial charge in [0, 0.05) is 60.7 Å². The number of nitrogens with zero attached hydrogens (tertiary/aromatic N) is 3. The molecule has 0 fully saturated rings. The molecule has 15 heteroatoms. The van der Waals surface area contributed by atoms with E-state index < -0.39 is 23.5 Å². The standard InChI is InChI=1S/C18H15BrF3N3.C17H14BrF3N4/c19-11-5-6-14-13(8-11)12-2-1-3-15(17(12)25-14)24-16-7-4-10(9-23-16)18(20,21)22;18-10-4-5-13-12(6-10)11-2-1-3-14(15(11)24-13)25-16-22-7-9(8-23-16)17(19,20)21/h4-9,15,25H,1-3H2,(H,23,24);4-8,14,24H,1-3H2,(H,22,23,25). The van der Waals surface area contributed by atoms with Gasteiger partial charge in [-0.15, -0.1) is 0 Å². The van der Waals surface area contributed by atoms with Gasteiger partial charge in [-0.1, -0.05) is 31.9 Å². The lowest BCUT2D eigenvalue weighted by Gasteiger charge is -2.24. The average Bonchev–Trinajstić information content (AvgIpc) is 3.64. The van der Waals surface area contributed by atoms with E-state index in [4.69, 9.17) is 0 Å². The Balaban J connectivity index is 0.000000157. The Morgan fingerprint density at radius 1 is 0.620 bits per heavy atom. The van der Waals surface area contributed by atoms with Crippen molar-refractivity contribution in [2.75, 3.05) is 10.6 Å². The highest BCUT2D eigenvalue weighted by atomic mass is 79.9. The molecule has 0 amide bonds. The van der Waals surface area contributed by atoms with E-state index in [9.17, 15) is 26.3 Å². The quantitative estimate of drug-likeness (QED) is 0.133. The highest BCUT2D eigenvalue weighted by molar-refractivity contribution is 9.10. The maximum Gasteiger partial charge on any atom is 0.419 e. The number of hydrogen-bond acceptors (Lipinski definition) is 5. The van der Waals surface area contributed by atoms with Crippen molar-refractivity contribution in [1.82, 2.24) is 24.9 Å². The van der Waals surface area contributed by atoms with Crippen molar-refractivity contribution in [3.8, 4) is 0 Å². The van der Waals surface area contributed by atoms with Crippen molar-refractivity contribution >= 4 is 65.4 Å². The lowest BCUT2D eigenvalue weighted by molar-refractivity contribution is -0.138. The predicted octanol–water partition coefficient (Wildman–Crippen LogP) is 11.1. The SMILES string of the molecule is FC(F)(F)c1ccc(NC2CCCc3c2[nH]c2ccc(Br)cc32)nc1.FC(F)(F)c1cnc(NC2CCCc3c2[nH]c2ccc(Br)cc32)nc1. The van der Waals surface area contributed by atoms with Gasteiger partial charge in [0.2, 0.25) is 5.95 Å². The Kier molecular flexibility index (Phi) is 9.31. The molecular weight excluding hydrogens is 792 g/mol. The van der Waals surface area contributed by atoms with E-state index in [1.165, 1.54) is 28.0 Å². The number of pyridine rings is 1. The summed E-state index contributed by atoms with van der Waals surface area (Å²) in [6.07, 6.45) is -0.570. The monoisotopic (exact) mass is 819 g/mol. The first-order chi connectivity index (χ1) is 23.8. The van der Waals surface area contributed by atoms with Crippen molar-refractivity contribution in [1.29, 1.82) is 0 Å². The first-order valence-corrected chi connectivity index (χ1v) is 17.5. The molecule has 0 radical (unpaired) electrons. The van der Waals surface area contributed by atoms with E-state index in [1.54, 1.807) is 0 Å². The van der Waals surface area contributed by atoms with Crippen molar-refractivity contribution in [3.63, 3.8) is 0 Å². The Bertz CT molecular complexity index is 1990. The summed E-state index contributed by atoms with van der Waals surface area (Å²) in [5.41, 5.74) is 5.20. The summed E-state index contributed by atoms with van der Waals surface area (Å²) < 4.78 is 77.9. The molecule has 4 heterocycles. The number of halogens is 8. The zero-order valence-electron chi connectivity index (χ0n) is 26.1. The lowest BCUT2D eigenvalue weighted by Crippen LogP contribution is -2.19. The van der Waals surface area contributed by atoms with Gasteiger partial charge in [-0.2, -0.15) is 26.3 Å². The van der Waals surface area contributed by atoms with Gasteiger partial charge >= 0.3 is 12.4 Å².